The highest BCUT2D eigenvalue weighted by molar-refractivity contribution is 5.43. The van der Waals surface area contributed by atoms with E-state index in [1.54, 1.807) is 0 Å². The zero-order valence-corrected chi connectivity index (χ0v) is 4.02. The minimum absolute atomic E-state index is 0.584. The van der Waals surface area contributed by atoms with Crippen LogP contribution in [0.15, 0.2) is 11.4 Å². The van der Waals surface area contributed by atoms with E-state index in [4.69, 9.17) is 11.5 Å². The van der Waals surface area contributed by atoms with Crippen molar-refractivity contribution in [1.29, 1.82) is 0 Å². The van der Waals surface area contributed by atoms with Crippen molar-refractivity contribution in [2.45, 2.75) is 6.42 Å². The third-order valence-corrected chi connectivity index (χ3v) is 1.81. The lowest BCUT2D eigenvalue weighted by Crippen LogP contribution is -2.09. The molecule has 2 nitrogen and oxygen atoms in total. The summed E-state index contributed by atoms with van der Waals surface area (Å²) in [5, 5.41) is 0. The van der Waals surface area contributed by atoms with Gasteiger partial charge in [0.05, 0.1) is 5.82 Å². The lowest BCUT2D eigenvalue weighted by Gasteiger charge is -1.89. The molecule has 2 fully saturated rings. The third kappa shape index (κ3) is 0.253. The summed E-state index contributed by atoms with van der Waals surface area (Å²) in [6, 6.07) is 0. The fourth-order valence-corrected chi connectivity index (χ4v) is 1.10. The second-order valence-corrected chi connectivity index (χ2v) is 2.36. The SMILES string of the molecule is NC(N)=C1C2CC12. The molecule has 0 heterocycles. The Morgan fingerprint density at radius 1 is 1.43 bits per heavy atom. The molecular weight excluding hydrogens is 88.1 g/mol. The molecule has 0 aromatic carbocycles. The average Bonchev–Trinajstić information content (AvgIpc) is 2.02. The Labute approximate surface area is 42.2 Å². The van der Waals surface area contributed by atoms with E-state index in [2.05, 4.69) is 0 Å². The Kier molecular flexibility index (Phi) is 0.317. The quantitative estimate of drug-likeness (QED) is 0.437. The van der Waals surface area contributed by atoms with Gasteiger partial charge in [0, 0.05) is 0 Å². The fraction of sp³-hybridized carbons (Fsp3) is 0.600. The van der Waals surface area contributed by atoms with E-state index in [0.29, 0.717) is 5.82 Å². The van der Waals surface area contributed by atoms with E-state index in [-0.39, 0.29) is 0 Å². The molecule has 0 radical (unpaired) electrons. The summed E-state index contributed by atoms with van der Waals surface area (Å²) >= 11 is 0. The molecule has 2 aliphatic carbocycles. The van der Waals surface area contributed by atoms with E-state index >= 15 is 0 Å². The Morgan fingerprint density at radius 2 is 2.00 bits per heavy atom. The largest absolute Gasteiger partial charge is 0.386 e. The lowest BCUT2D eigenvalue weighted by atomic mass is 10.3. The fourth-order valence-electron chi connectivity index (χ4n) is 1.10. The van der Waals surface area contributed by atoms with Crippen LogP contribution < -0.4 is 11.5 Å². The second kappa shape index (κ2) is 0.661. The Morgan fingerprint density at radius 3 is 2.00 bits per heavy atom. The van der Waals surface area contributed by atoms with Gasteiger partial charge in [0.25, 0.3) is 0 Å². The van der Waals surface area contributed by atoms with E-state index < -0.39 is 0 Å². The van der Waals surface area contributed by atoms with Gasteiger partial charge < -0.3 is 11.5 Å². The van der Waals surface area contributed by atoms with Crippen molar-refractivity contribution in [2.75, 3.05) is 0 Å². The van der Waals surface area contributed by atoms with Gasteiger partial charge in [-0.15, -0.1) is 0 Å². The summed E-state index contributed by atoms with van der Waals surface area (Å²) in [7, 11) is 0. The number of hydrogen-bond acceptors (Lipinski definition) is 2. The highest BCUT2D eigenvalue weighted by Crippen LogP contribution is 2.67. The first-order chi connectivity index (χ1) is 3.30. The Hall–Kier alpha value is -0.660. The Balaban J connectivity index is 2.25. The normalized spacial score (nSPS) is 42.6. The van der Waals surface area contributed by atoms with Gasteiger partial charge in [-0.1, -0.05) is 0 Å². The van der Waals surface area contributed by atoms with Crippen LogP contribution >= 0.6 is 0 Å². The summed E-state index contributed by atoms with van der Waals surface area (Å²) in [5.41, 5.74) is 11.9. The van der Waals surface area contributed by atoms with Gasteiger partial charge in [-0.2, -0.15) is 0 Å². The predicted octanol–water partition coefficient (Wildman–Crippen LogP) is -0.235. The third-order valence-electron chi connectivity index (χ3n) is 1.81. The maximum atomic E-state index is 5.28. The van der Waals surface area contributed by atoms with Crippen molar-refractivity contribution < 1.29 is 0 Å². The molecule has 0 spiro atoms. The molecule has 2 atom stereocenters. The van der Waals surface area contributed by atoms with E-state index in [1.807, 2.05) is 0 Å². The van der Waals surface area contributed by atoms with Crippen LogP contribution in [0.3, 0.4) is 0 Å². The second-order valence-electron chi connectivity index (χ2n) is 2.36. The van der Waals surface area contributed by atoms with E-state index in [9.17, 15) is 0 Å². The lowest BCUT2D eigenvalue weighted by molar-refractivity contribution is 1.03. The van der Waals surface area contributed by atoms with Crippen LogP contribution in [-0.4, -0.2) is 0 Å². The number of fused-ring (bicyclic) bond motifs is 1. The number of allylic oxidation sites excluding steroid dienone is 1. The van der Waals surface area contributed by atoms with Gasteiger partial charge >= 0.3 is 0 Å². The van der Waals surface area contributed by atoms with Gasteiger partial charge in [0.15, 0.2) is 0 Å². The smallest absolute Gasteiger partial charge is 0.0931 e. The summed E-state index contributed by atoms with van der Waals surface area (Å²) in [5.74, 6) is 2.26. The van der Waals surface area contributed by atoms with Crippen LogP contribution in [0.25, 0.3) is 0 Å². The van der Waals surface area contributed by atoms with E-state index in [1.165, 1.54) is 12.0 Å². The summed E-state index contributed by atoms with van der Waals surface area (Å²) in [6.45, 7) is 0. The predicted molar refractivity (Wildman–Crippen MR) is 27.0 cm³/mol. The van der Waals surface area contributed by atoms with Gasteiger partial charge in [-0.3, -0.25) is 0 Å². The van der Waals surface area contributed by atoms with Crippen LogP contribution in [0.5, 0.6) is 0 Å². The highest BCUT2D eigenvalue weighted by atomic mass is 14.9. The molecule has 2 rings (SSSR count). The van der Waals surface area contributed by atoms with Crippen LogP contribution in [-0.2, 0) is 0 Å². The summed E-state index contributed by atoms with van der Waals surface area (Å²) < 4.78 is 0. The first-order valence-corrected chi connectivity index (χ1v) is 2.55. The molecule has 38 valence electrons. The summed E-state index contributed by atoms with van der Waals surface area (Å²) in [4.78, 5) is 0. The van der Waals surface area contributed by atoms with Crippen molar-refractivity contribution in [2.24, 2.45) is 23.3 Å². The maximum absolute atomic E-state index is 5.28. The molecular formula is C5H8N2. The zero-order chi connectivity index (χ0) is 5.02. The Bertz CT molecular complexity index is 134. The highest BCUT2D eigenvalue weighted by Gasteiger charge is 2.60. The molecule has 2 unspecified atom stereocenters. The molecule has 2 aliphatic rings. The molecule has 0 saturated heterocycles. The summed E-state index contributed by atoms with van der Waals surface area (Å²) in [6.07, 6.45) is 1.35. The first kappa shape index (κ1) is 3.36. The molecule has 2 saturated carbocycles. The number of nitrogens with two attached hydrogens (primary N) is 2. The minimum atomic E-state index is 0.584. The molecule has 0 aromatic rings. The van der Waals surface area contributed by atoms with Gasteiger partial charge in [-0.05, 0) is 23.8 Å². The molecule has 0 aliphatic heterocycles. The van der Waals surface area contributed by atoms with Crippen LogP contribution in [0.1, 0.15) is 6.42 Å². The van der Waals surface area contributed by atoms with Crippen molar-refractivity contribution >= 4 is 0 Å². The standard InChI is InChI=1S/C5H8N2/c6-5(7)4-2-1-3(2)4/h2-3H,1,6-7H2. The molecule has 4 N–H and O–H groups in total. The van der Waals surface area contributed by atoms with Crippen molar-refractivity contribution in [3.63, 3.8) is 0 Å². The topological polar surface area (TPSA) is 52.0 Å². The molecule has 7 heavy (non-hydrogen) atoms. The molecule has 0 aromatic heterocycles. The molecule has 0 amide bonds. The maximum Gasteiger partial charge on any atom is 0.0931 e. The first-order valence-electron chi connectivity index (χ1n) is 2.55. The molecule has 0 bridgehead atoms. The van der Waals surface area contributed by atoms with E-state index in [0.717, 1.165) is 11.8 Å². The van der Waals surface area contributed by atoms with Crippen molar-refractivity contribution in [1.82, 2.24) is 0 Å². The average molecular weight is 96.1 g/mol. The van der Waals surface area contributed by atoms with Crippen LogP contribution in [0, 0.1) is 11.8 Å². The van der Waals surface area contributed by atoms with Crippen molar-refractivity contribution in [3.05, 3.63) is 11.4 Å². The van der Waals surface area contributed by atoms with Gasteiger partial charge in [0.1, 0.15) is 0 Å². The zero-order valence-electron chi connectivity index (χ0n) is 4.02. The monoisotopic (exact) mass is 96.1 g/mol. The van der Waals surface area contributed by atoms with Gasteiger partial charge in [-0.25, -0.2) is 0 Å². The van der Waals surface area contributed by atoms with Gasteiger partial charge in [0.2, 0.25) is 0 Å². The van der Waals surface area contributed by atoms with Crippen LogP contribution in [0.4, 0.5) is 0 Å². The van der Waals surface area contributed by atoms with Crippen LogP contribution in [0.2, 0.25) is 0 Å². The minimum Gasteiger partial charge on any atom is -0.386 e. The molecule has 2 heteroatoms. The van der Waals surface area contributed by atoms with Crippen molar-refractivity contribution in [3.8, 4) is 0 Å². The number of rotatable bonds is 0. The number of hydrogen-bond donors (Lipinski definition) is 2.